The molecule has 1 N–H and O–H groups in total. The maximum absolute atomic E-state index is 3.55. The first-order chi connectivity index (χ1) is 5.74. The molecule has 1 fully saturated rings. The predicted octanol–water partition coefficient (Wildman–Crippen LogP) is 0.537. The second-order valence-corrected chi connectivity index (χ2v) is 3.70. The maximum atomic E-state index is 3.55. The molecule has 72 valence electrons. The molecule has 12 heavy (non-hydrogen) atoms. The van der Waals surface area contributed by atoms with E-state index in [0.29, 0.717) is 6.04 Å². The number of nitrogens with zero attached hydrogens (tertiary/aromatic N) is 2. The van der Waals surface area contributed by atoms with Gasteiger partial charge in [-0.15, -0.1) is 0 Å². The van der Waals surface area contributed by atoms with Crippen LogP contribution in [-0.4, -0.2) is 49.8 Å². The van der Waals surface area contributed by atoms with Crippen molar-refractivity contribution in [2.45, 2.75) is 25.8 Å². The topological polar surface area (TPSA) is 18.5 Å². The van der Waals surface area contributed by atoms with E-state index in [4.69, 9.17) is 0 Å². The molecule has 0 amide bonds. The van der Waals surface area contributed by atoms with Crippen LogP contribution in [0.5, 0.6) is 0 Å². The smallest absolute Gasteiger partial charge is 0.0287 e. The SMILES string of the molecule is CCCNC1CCN(N(C)C)C1. The number of hydrogen-bond donors (Lipinski definition) is 1. The summed E-state index contributed by atoms with van der Waals surface area (Å²) in [5.74, 6) is 0. The molecule has 1 heterocycles. The lowest BCUT2D eigenvalue weighted by molar-refractivity contribution is 0.0511. The van der Waals surface area contributed by atoms with Crippen LogP contribution in [0.15, 0.2) is 0 Å². The van der Waals surface area contributed by atoms with Gasteiger partial charge in [0.2, 0.25) is 0 Å². The average molecular weight is 171 g/mol. The van der Waals surface area contributed by atoms with Crippen LogP contribution in [0.4, 0.5) is 0 Å². The normalized spacial score (nSPS) is 25.5. The number of nitrogens with one attached hydrogen (secondary N) is 1. The summed E-state index contributed by atoms with van der Waals surface area (Å²) in [6, 6.07) is 0.715. The zero-order valence-electron chi connectivity index (χ0n) is 8.51. The summed E-state index contributed by atoms with van der Waals surface area (Å²) < 4.78 is 0. The fourth-order valence-corrected chi connectivity index (χ4v) is 1.62. The summed E-state index contributed by atoms with van der Waals surface area (Å²) in [5, 5.41) is 8.12. The standard InChI is InChI=1S/C9H21N3/c1-4-6-10-9-5-7-12(8-9)11(2)3/h9-10H,4-8H2,1-3H3. The first-order valence-electron chi connectivity index (χ1n) is 4.89. The molecule has 3 heteroatoms. The van der Waals surface area contributed by atoms with Gasteiger partial charge in [-0.3, -0.25) is 0 Å². The highest BCUT2D eigenvalue weighted by molar-refractivity contribution is 4.78. The van der Waals surface area contributed by atoms with Gasteiger partial charge in [0, 0.05) is 33.2 Å². The van der Waals surface area contributed by atoms with E-state index in [9.17, 15) is 0 Å². The molecule has 0 spiro atoms. The van der Waals surface area contributed by atoms with Gasteiger partial charge in [0.1, 0.15) is 0 Å². The molecule has 1 unspecified atom stereocenters. The van der Waals surface area contributed by atoms with Crippen LogP contribution >= 0.6 is 0 Å². The van der Waals surface area contributed by atoms with Crippen LogP contribution in [0.2, 0.25) is 0 Å². The van der Waals surface area contributed by atoms with E-state index in [1.807, 2.05) is 0 Å². The minimum absolute atomic E-state index is 0.715. The highest BCUT2D eigenvalue weighted by Crippen LogP contribution is 2.09. The summed E-state index contributed by atoms with van der Waals surface area (Å²) in [6.07, 6.45) is 2.52. The third-order valence-corrected chi connectivity index (χ3v) is 2.42. The summed E-state index contributed by atoms with van der Waals surface area (Å²) in [6.45, 7) is 5.75. The Morgan fingerprint density at radius 2 is 2.25 bits per heavy atom. The van der Waals surface area contributed by atoms with E-state index in [1.165, 1.54) is 25.9 Å². The Morgan fingerprint density at radius 3 is 2.75 bits per heavy atom. The highest BCUT2D eigenvalue weighted by atomic mass is 15.6. The van der Waals surface area contributed by atoms with E-state index in [-0.39, 0.29) is 0 Å². The minimum Gasteiger partial charge on any atom is -0.313 e. The van der Waals surface area contributed by atoms with Gasteiger partial charge >= 0.3 is 0 Å². The Labute approximate surface area is 75.7 Å². The third-order valence-electron chi connectivity index (χ3n) is 2.42. The van der Waals surface area contributed by atoms with Gasteiger partial charge in [0.05, 0.1) is 0 Å². The lowest BCUT2D eigenvalue weighted by Crippen LogP contribution is -2.38. The maximum Gasteiger partial charge on any atom is 0.0287 e. The predicted molar refractivity (Wildman–Crippen MR) is 52.0 cm³/mol. The summed E-state index contributed by atoms with van der Waals surface area (Å²) >= 11 is 0. The highest BCUT2D eigenvalue weighted by Gasteiger charge is 2.22. The molecular formula is C9H21N3. The van der Waals surface area contributed by atoms with Crippen molar-refractivity contribution in [3.8, 4) is 0 Å². The lowest BCUT2D eigenvalue weighted by Gasteiger charge is -2.23. The minimum atomic E-state index is 0.715. The molecule has 1 saturated heterocycles. The molecule has 1 atom stereocenters. The largest absolute Gasteiger partial charge is 0.313 e. The Balaban J connectivity index is 2.17. The second-order valence-electron chi connectivity index (χ2n) is 3.70. The molecule has 0 aliphatic carbocycles. The number of rotatable bonds is 4. The molecule has 0 aromatic heterocycles. The Kier molecular flexibility index (Phi) is 3.98. The fraction of sp³-hybridized carbons (Fsp3) is 1.00. The van der Waals surface area contributed by atoms with Crippen LogP contribution < -0.4 is 5.32 Å². The Bertz CT molecular complexity index is 125. The van der Waals surface area contributed by atoms with Crippen molar-refractivity contribution in [1.82, 2.24) is 15.3 Å². The van der Waals surface area contributed by atoms with E-state index in [2.05, 4.69) is 36.4 Å². The third kappa shape index (κ3) is 2.73. The number of hydrazine groups is 1. The van der Waals surface area contributed by atoms with Gasteiger partial charge in [0.15, 0.2) is 0 Å². The van der Waals surface area contributed by atoms with E-state index < -0.39 is 0 Å². The van der Waals surface area contributed by atoms with Crippen molar-refractivity contribution in [3.63, 3.8) is 0 Å². The second kappa shape index (κ2) is 4.80. The van der Waals surface area contributed by atoms with Gasteiger partial charge in [-0.25, -0.2) is 10.0 Å². The molecule has 0 radical (unpaired) electrons. The monoisotopic (exact) mass is 171 g/mol. The Morgan fingerprint density at radius 1 is 1.50 bits per heavy atom. The summed E-state index contributed by atoms with van der Waals surface area (Å²) in [7, 11) is 4.23. The van der Waals surface area contributed by atoms with Gasteiger partial charge in [-0.1, -0.05) is 6.92 Å². The van der Waals surface area contributed by atoms with Gasteiger partial charge in [-0.2, -0.15) is 0 Å². The molecule has 1 aliphatic rings. The van der Waals surface area contributed by atoms with Crippen molar-refractivity contribution in [2.24, 2.45) is 0 Å². The summed E-state index contributed by atoms with van der Waals surface area (Å²) in [4.78, 5) is 0. The average Bonchev–Trinajstić information content (AvgIpc) is 2.48. The van der Waals surface area contributed by atoms with E-state index in [1.54, 1.807) is 0 Å². The molecule has 1 aliphatic heterocycles. The van der Waals surface area contributed by atoms with Crippen LogP contribution in [0.3, 0.4) is 0 Å². The zero-order chi connectivity index (χ0) is 8.97. The lowest BCUT2D eigenvalue weighted by atomic mass is 10.2. The van der Waals surface area contributed by atoms with Crippen molar-refractivity contribution >= 4 is 0 Å². The van der Waals surface area contributed by atoms with E-state index >= 15 is 0 Å². The van der Waals surface area contributed by atoms with Gasteiger partial charge in [0.25, 0.3) is 0 Å². The van der Waals surface area contributed by atoms with Crippen LogP contribution in [0, 0.1) is 0 Å². The number of hydrogen-bond acceptors (Lipinski definition) is 3. The van der Waals surface area contributed by atoms with Crippen LogP contribution in [-0.2, 0) is 0 Å². The molecule has 1 rings (SSSR count). The molecule has 0 aromatic rings. The Hall–Kier alpha value is -0.120. The molecule has 0 aromatic carbocycles. The fourth-order valence-electron chi connectivity index (χ4n) is 1.62. The van der Waals surface area contributed by atoms with Crippen molar-refractivity contribution < 1.29 is 0 Å². The van der Waals surface area contributed by atoms with Crippen molar-refractivity contribution in [3.05, 3.63) is 0 Å². The first kappa shape index (κ1) is 9.96. The molecule has 0 saturated carbocycles. The van der Waals surface area contributed by atoms with E-state index in [0.717, 1.165) is 6.54 Å². The van der Waals surface area contributed by atoms with Gasteiger partial charge < -0.3 is 5.32 Å². The van der Waals surface area contributed by atoms with Crippen LogP contribution in [0.1, 0.15) is 19.8 Å². The molecular weight excluding hydrogens is 150 g/mol. The molecule has 0 bridgehead atoms. The summed E-state index contributed by atoms with van der Waals surface area (Å²) in [5.41, 5.74) is 0. The zero-order valence-corrected chi connectivity index (χ0v) is 8.51. The first-order valence-corrected chi connectivity index (χ1v) is 4.89. The van der Waals surface area contributed by atoms with Crippen molar-refractivity contribution in [2.75, 3.05) is 33.7 Å². The van der Waals surface area contributed by atoms with Crippen LogP contribution in [0.25, 0.3) is 0 Å². The van der Waals surface area contributed by atoms with Gasteiger partial charge in [-0.05, 0) is 19.4 Å². The quantitative estimate of drug-likeness (QED) is 0.666. The molecule has 3 nitrogen and oxygen atoms in total. The van der Waals surface area contributed by atoms with Crippen molar-refractivity contribution in [1.29, 1.82) is 0 Å².